The molecule has 12 heteroatoms. The first-order chi connectivity index (χ1) is 15.2. The van der Waals surface area contributed by atoms with E-state index in [0.717, 1.165) is 12.1 Å². The summed E-state index contributed by atoms with van der Waals surface area (Å²) in [5.74, 6) is -1.28. The number of aromatic nitrogens is 1. The summed E-state index contributed by atoms with van der Waals surface area (Å²) in [5, 5.41) is 13.5. The second-order valence-corrected chi connectivity index (χ2v) is 10.00. The van der Waals surface area contributed by atoms with Crippen LogP contribution in [-0.2, 0) is 16.4 Å². The normalized spacial score (nSPS) is 15.1. The fourth-order valence-electron chi connectivity index (χ4n) is 3.47. The molecule has 0 atom stereocenters. The highest BCUT2D eigenvalue weighted by Crippen LogP contribution is 2.26. The monoisotopic (exact) mass is 480 g/mol. The van der Waals surface area contributed by atoms with E-state index in [4.69, 9.17) is 0 Å². The number of nitro benzene ring substituents is 1. The van der Waals surface area contributed by atoms with Crippen molar-refractivity contribution in [2.24, 2.45) is 0 Å². The molecular formula is C20H18F2N4O4S2. The van der Waals surface area contributed by atoms with Crippen molar-refractivity contribution in [1.82, 2.24) is 9.29 Å². The summed E-state index contributed by atoms with van der Waals surface area (Å²) in [6.07, 6.45) is 0.284. The summed E-state index contributed by atoms with van der Waals surface area (Å²) in [6, 6.07) is 8.34. The molecule has 0 aliphatic carbocycles. The van der Waals surface area contributed by atoms with E-state index in [-0.39, 0.29) is 30.1 Å². The van der Waals surface area contributed by atoms with Crippen LogP contribution in [0.2, 0.25) is 0 Å². The van der Waals surface area contributed by atoms with Gasteiger partial charge in [0.25, 0.3) is 5.69 Å². The van der Waals surface area contributed by atoms with Crippen LogP contribution in [0.4, 0.5) is 19.6 Å². The van der Waals surface area contributed by atoms with Crippen LogP contribution in [0.3, 0.4) is 0 Å². The maximum absolute atomic E-state index is 13.4. The van der Waals surface area contributed by atoms with E-state index < -0.39 is 26.6 Å². The van der Waals surface area contributed by atoms with Gasteiger partial charge in [-0.3, -0.25) is 10.1 Å². The number of nitro groups is 1. The number of sulfonamides is 1. The summed E-state index contributed by atoms with van der Waals surface area (Å²) in [4.78, 5) is 16.7. The number of anilines is 1. The Labute approximate surface area is 186 Å². The van der Waals surface area contributed by atoms with Gasteiger partial charge in [-0.25, -0.2) is 22.2 Å². The van der Waals surface area contributed by atoms with E-state index in [0.29, 0.717) is 29.5 Å². The molecule has 0 radical (unpaired) electrons. The maximum Gasteiger partial charge on any atom is 0.270 e. The van der Waals surface area contributed by atoms with Crippen molar-refractivity contribution in [3.05, 3.63) is 80.9 Å². The van der Waals surface area contributed by atoms with E-state index in [1.807, 2.05) is 10.3 Å². The molecule has 8 nitrogen and oxygen atoms in total. The third-order valence-electron chi connectivity index (χ3n) is 5.02. The lowest BCUT2D eigenvalue weighted by molar-refractivity contribution is -0.385. The zero-order valence-electron chi connectivity index (χ0n) is 16.6. The Balaban J connectivity index is 1.42. The average Bonchev–Trinajstić information content (AvgIpc) is 3.21. The van der Waals surface area contributed by atoms with Gasteiger partial charge in [-0.2, -0.15) is 4.31 Å². The SMILES string of the molecule is O=[N+]([O-])c1cccc(S(=O)(=O)N2CCN(c3nc(Cc4cc(F)cc(F)c4)cs3)CC2)c1. The molecule has 0 unspecified atom stereocenters. The van der Waals surface area contributed by atoms with Crippen molar-refractivity contribution < 1.29 is 22.1 Å². The van der Waals surface area contributed by atoms with Crippen molar-refractivity contribution in [1.29, 1.82) is 0 Å². The van der Waals surface area contributed by atoms with Gasteiger partial charge in [0.2, 0.25) is 10.0 Å². The highest BCUT2D eigenvalue weighted by molar-refractivity contribution is 7.89. The summed E-state index contributed by atoms with van der Waals surface area (Å²) < 4.78 is 53.8. The molecule has 0 N–H and O–H groups in total. The standard InChI is InChI=1S/C20H18F2N4O4S2/c21-15-8-14(9-16(22)11-15)10-17-13-31-20(23-17)24-4-6-25(7-5-24)32(29,30)19-3-1-2-18(12-19)26(27)28/h1-3,8-9,11-13H,4-7,10H2. The number of thiazole rings is 1. The molecule has 1 saturated heterocycles. The predicted molar refractivity (Wildman–Crippen MR) is 115 cm³/mol. The van der Waals surface area contributed by atoms with Crippen LogP contribution < -0.4 is 4.90 Å². The van der Waals surface area contributed by atoms with Crippen LogP contribution in [0.15, 0.2) is 52.7 Å². The molecule has 2 aromatic carbocycles. The lowest BCUT2D eigenvalue weighted by atomic mass is 10.1. The number of piperazine rings is 1. The van der Waals surface area contributed by atoms with Crippen LogP contribution in [0.25, 0.3) is 0 Å². The summed E-state index contributed by atoms with van der Waals surface area (Å²) in [7, 11) is -3.85. The van der Waals surface area contributed by atoms with Gasteiger partial charge in [-0.1, -0.05) is 6.07 Å². The zero-order valence-corrected chi connectivity index (χ0v) is 18.3. The minimum Gasteiger partial charge on any atom is -0.345 e. The molecule has 1 aliphatic rings. The lowest BCUT2D eigenvalue weighted by Gasteiger charge is -2.33. The van der Waals surface area contributed by atoms with Crippen molar-refractivity contribution in [2.45, 2.75) is 11.3 Å². The number of halogens is 2. The van der Waals surface area contributed by atoms with Crippen molar-refractivity contribution in [3.8, 4) is 0 Å². The molecule has 32 heavy (non-hydrogen) atoms. The summed E-state index contributed by atoms with van der Waals surface area (Å²) >= 11 is 1.38. The van der Waals surface area contributed by atoms with Crippen LogP contribution in [0, 0.1) is 21.7 Å². The molecule has 0 amide bonds. The molecule has 1 fully saturated rings. The van der Waals surface area contributed by atoms with Gasteiger partial charge in [0.1, 0.15) is 11.6 Å². The molecule has 1 aromatic heterocycles. The number of benzene rings is 2. The van der Waals surface area contributed by atoms with Crippen LogP contribution >= 0.6 is 11.3 Å². The Morgan fingerprint density at radius 2 is 1.75 bits per heavy atom. The van der Waals surface area contributed by atoms with Gasteiger partial charge in [-0.05, 0) is 23.8 Å². The molecular weight excluding hydrogens is 462 g/mol. The second-order valence-electron chi connectivity index (χ2n) is 7.22. The van der Waals surface area contributed by atoms with Gasteiger partial charge in [0.15, 0.2) is 5.13 Å². The van der Waals surface area contributed by atoms with Gasteiger partial charge in [-0.15, -0.1) is 11.3 Å². The minimum absolute atomic E-state index is 0.112. The Hall–Kier alpha value is -2.96. The average molecular weight is 481 g/mol. The van der Waals surface area contributed by atoms with Crippen molar-refractivity contribution in [3.63, 3.8) is 0 Å². The molecule has 4 rings (SSSR count). The first-order valence-corrected chi connectivity index (χ1v) is 11.9. The van der Waals surface area contributed by atoms with Gasteiger partial charge in [0, 0.05) is 56.2 Å². The molecule has 0 saturated carbocycles. The number of rotatable bonds is 6. The van der Waals surface area contributed by atoms with Crippen LogP contribution in [0.5, 0.6) is 0 Å². The molecule has 168 valence electrons. The molecule has 0 spiro atoms. The Bertz CT molecular complexity index is 1240. The minimum atomic E-state index is -3.85. The smallest absolute Gasteiger partial charge is 0.270 e. The van der Waals surface area contributed by atoms with Gasteiger partial charge in [0.05, 0.1) is 15.5 Å². The first kappa shape index (κ1) is 22.2. The van der Waals surface area contributed by atoms with E-state index >= 15 is 0 Å². The van der Waals surface area contributed by atoms with Crippen LogP contribution in [-0.4, -0.2) is 48.8 Å². The summed E-state index contributed by atoms with van der Waals surface area (Å²) in [6.45, 7) is 1.20. The molecule has 3 aromatic rings. The first-order valence-electron chi connectivity index (χ1n) is 9.61. The third kappa shape index (κ3) is 4.76. The lowest BCUT2D eigenvalue weighted by Crippen LogP contribution is -2.48. The zero-order chi connectivity index (χ0) is 22.9. The third-order valence-corrected chi connectivity index (χ3v) is 7.87. The number of nitrogens with zero attached hydrogens (tertiary/aromatic N) is 4. The topological polar surface area (TPSA) is 96.6 Å². The number of hydrogen-bond acceptors (Lipinski definition) is 7. The molecule has 2 heterocycles. The Morgan fingerprint density at radius 3 is 2.41 bits per heavy atom. The van der Waals surface area contributed by atoms with E-state index in [1.165, 1.54) is 46.0 Å². The van der Waals surface area contributed by atoms with E-state index in [9.17, 15) is 27.3 Å². The maximum atomic E-state index is 13.4. The Morgan fingerprint density at radius 1 is 1.06 bits per heavy atom. The largest absolute Gasteiger partial charge is 0.345 e. The number of hydrogen-bond donors (Lipinski definition) is 0. The Kier molecular flexibility index (Phi) is 6.17. The fraction of sp³-hybridized carbons (Fsp3) is 0.250. The predicted octanol–water partition coefficient (Wildman–Crippen LogP) is 3.43. The highest BCUT2D eigenvalue weighted by Gasteiger charge is 2.30. The fourth-order valence-corrected chi connectivity index (χ4v) is 5.81. The van der Waals surface area contributed by atoms with Crippen molar-refractivity contribution >= 4 is 32.2 Å². The molecule has 0 bridgehead atoms. The van der Waals surface area contributed by atoms with E-state index in [1.54, 1.807) is 0 Å². The number of non-ortho nitro benzene ring substituents is 1. The highest BCUT2D eigenvalue weighted by atomic mass is 32.2. The molecule has 1 aliphatic heterocycles. The summed E-state index contributed by atoms with van der Waals surface area (Å²) in [5.41, 5.74) is 0.868. The van der Waals surface area contributed by atoms with Crippen LogP contribution in [0.1, 0.15) is 11.3 Å². The quantitative estimate of drug-likeness (QED) is 0.396. The van der Waals surface area contributed by atoms with E-state index in [2.05, 4.69) is 4.98 Å². The van der Waals surface area contributed by atoms with Crippen molar-refractivity contribution in [2.75, 3.05) is 31.1 Å². The second kappa shape index (κ2) is 8.88. The van der Waals surface area contributed by atoms with Gasteiger partial charge < -0.3 is 4.90 Å². The van der Waals surface area contributed by atoms with Gasteiger partial charge >= 0.3 is 0 Å².